The van der Waals surface area contributed by atoms with E-state index in [0.29, 0.717) is 13.0 Å². The molecule has 0 heterocycles. The highest BCUT2D eigenvalue weighted by Crippen LogP contribution is 2.10. The molecule has 22 heavy (non-hydrogen) atoms. The van der Waals surface area contributed by atoms with Crippen molar-refractivity contribution < 1.29 is 14.3 Å². The fourth-order valence-electron chi connectivity index (χ4n) is 2.00. The van der Waals surface area contributed by atoms with Gasteiger partial charge >= 0.3 is 5.97 Å². The van der Waals surface area contributed by atoms with Gasteiger partial charge in [-0.2, -0.15) is 0 Å². The van der Waals surface area contributed by atoms with Gasteiger partial charge in [-0.15, -0.1) is 0 Å². The van der Waals surface area contributed by atoms with Crippen molar-refractivity contribution in [2.75, 3.05) is 13.2 Å². The Morgan fingerprint density at radius 3 is 1.73 bits per heavy atom. The SMILES string of the molecule is C=COCC.CCCCCCCCCCCCOC(=O)CC. The quantitative estimate of drug-likeness (QED) is 0.223. The van der Waals surface area contributed by atoms with Gasteiger partial charge in [0.25, 0.3) is 0 Å². The Balaban J connectivity index is 0. The van der Waals surface area contributed by atoms with E-state index in [1.54, 1.807) is 0 Å². The second kappa shape index (κ2) is 22.3. The molecule has 0 amide bonds. The molecule has 0 fully saturated rings. The zero-order chi connectivity index (χ0) is 16.9. The fraction of sp³-hybridized carbons (Fsp3) is 0.842. The number of hydrogen-bond acceptors (Lipinski definition) is 3. The van der Waals surface area contributed by atoms with E-state index < -0.39 is 0 Å². The summed E-state index contributed by atoms with van der Waals surface area (Å²) in [5.74, 6) is -0.0686. The van der Waals surface area contributed by atoms with Gasteiger partial charge < -0.3 is 9.47 Å². The summed E-state index contributed by atoms with van der Waals surface area (Å²) >= 11 is 0. The Morgan fingerprint density at radius 2 is 1.36 bits per heavy atom. The summed E-state index contributed by atoms with van der Waals surface area (Å²) in [5.41, 5.74) is 0. The molecule has 0 saturated carbocycles. The minimum absolute atomic E-state index is 0.0686. The van der Waals surface area contributed by atoms with Gasteiger partial charge in [0, 0.05) is 6.42 Å². The van der Waals surface area contributed by atoms with Crippen molar-refractivity contribution in [2.45, 2.75) is 91.4 Å². The van der Waals surface area contributed by atoms with Crippen LogP contribution in [-0.4, -0.2) is 19.2 Å². The van der Waals surface area contributed by atoms with Crippen LogP contribution in [0.2, 0.25) is 0 Å². The Bertz CT molecular complexity index is 227. The third kappa shape index (κ3) is 24.1. The topological polar surface area (TPSA) is 35.5 Å². The van der Waals surface area contributed by atoms with Gasteiger partial charge in [0.15, 0.2) is 0 Å². The molecule has 0 aliphatic heterocycles. The predicted octanol–water partition coefficient (Wildman–Crippen LogP) is 6.03. The number of rotatable bonds is 14. The lowest BCUT2D eigenvalue weighted by molar-refractivity contribution is -0.143. The van der Waals surface area contributed by atoms with E-state index in [-0.39, 0.29) is 5.97 Å². The lowest BCUT2D eigenvalue weighted by atomic mass is 10.1. The average Bonchev–Trinajstić information content (AvgIpc) is 2.53. The van der Waals surface area contributed by atoms with Crippen molar-refractivity contribution in [3.8, 4) is 0 Å². The van der Waals surface area contributed by atoms with Crippen molar-refractivity contribution in [2.24, 2.45) is 0 Å². The number of ether oxygens (including phenoxy) is 2. The summed E-state index contributed by atoms with van der Waals surface area (Å²) in [6.45, 7) is 10.7. The van der Waals surface area contributed by atoms with Crippen LogP contribution in [0, 0.1) is 0 Å². The Morgan fingerprint density at radius 1 is 0.864 bits per heavy atom. The first-order valence-electron chi connectivity index (χ1n) is 9.10. The lowest BCUT2D eigenvalue weighted by Gasteiger charge is -2.03. The van der Waals surface area contributed by atoms with E-state index in [1.165, 1.54) is 64.0 Å². The molecule has 0 aromatic heterocycles. The zero-order valence-corrected chi connectivity index (χ0v) is 15.2. The molecule has 3 nitrogen and oxygen atoms in total. The largest absolute Gasteiger partial charge is 0.502 e. The van der Waals surface area contributed by atoms with Crippen molar-refractivity contribution in [3.05, 3.63) is 12.8 Å². The minimum Gasteiger partial charge on any atom is -0.502 e. The molecule has 0 N–H and O–H groups in total. The average molecular weight is 315 g/mol. The number of hydrogen-bond donors (Lipinski definition) is 0. The molecular formula is C19H38O3. The predicted molar refractivity (Wildman–Crippen MR) is 94.9 cm³/mol. The molecular weight excluding hydrogens is 276 g/mol. The van der Waals surface area contributed by atoms with Crippen molar-refractivity contribution in [1.82, 2.24) is 0 Å². The first-order valence-corrected chi connectivity index (χ1v) is 9.10. The summed E-state index contributed by atoms with van der Waals surface area (Å²) in [7, 11) is 0. The third-order valence-corrected chi connectivity index (χ3v) is 3.33. The van der Waals surface area contributed by atoms with Crippen molar-refractivity contribution >= 4 is 5.97 Å². The summed E-state index contributed by atoms with van der Waals surface area (Å²) in [6, 6.07) is 0. The fourth-order valence-corrected chi connectivity index (χ4v) is 2.00. The van der Waals surface area contributed by atoms with Gasteiger partial charge in [0.05, 0.1) is 19.5 Å². The molecule has 0 aliphatic carbocycles. The van der Waals surface area contributed by atoms with E-state index in [0.717, 1.165) is 13.0 Å². The van der Waals surface area contributed by atoms with Crippen LogP contribution in [0.15, 0.2) is 12.8 Å². The maximum atomic E-state index is 10.8. The molecule has 0 aromatic carbocycles. The van der Waals surface area contributed by atoms with Crippen LogP contribution in [0.25, 0.3) is 0 Å². The second-order valence-electron chi connectivity index (χ2n) is 5.38. The van der Waals surface area contributed by atoms with Gasteiger partial charge in [-0.05, 0) is 13.3 Å². The lowest BCUT2D eigenvalue weighted by Crippen LogP contribution is -2.03. The van der Waals surface area contributed by atoms with Crippen LogP contribution < -0.4 is 0 Å². The first-order chi connectivity index (χ1) is 10.7. The first kappa shape index (κ1) is 23.3. The van der Waals surface area contributed by atoms with E-state index >= 15 is 0 Å². The van der Waals surface area contributed by atoms with Crippen molar-refractivity contribution in [3.63, 3.8) is 0 Å². The van der Waals surface area contributed by atoms with Gasteiger partial charge in [-0.1, -0.05) is 78.2 Å². The van der Waals surface area contributed by atoms with Crippen LogP contribution in [-0.2, 0) is 14.3 Å². The second-order valence-corrected chi connectivity index (χ2v) is 5.38. The molecule has 0 aliphatic rings. The van der Waals surface area contributed by atoms with Gasteiger partial charge in [-0.3, -0.25) is 4.79 Å². The summed E-state index contributed by atoms with van der Waals surface area (Å²) in [4.78, 5) is 10.8. The Hall–Kier alpha value is -0.990. The van der Waals surface area contributed by atoms with Gasteiger partial charge in [0.2, 0.25) is 0 Å². The molecule has 132 valence electrons. The normalized spacial score (nSPS) is 9.59. The molecule has 0 rings (SSSR count). The van der Waals surface area contributed by atoms with Crippen LogP contribution in [0.4, 0.5) is 0 Å². The van der Waals surface area contributed by atoms with Crippen LogP contribution >= 0.6 is 0 Å². The summed E-state index contributed by atoms with van der Waals surface area (Å²) in [5, 5.41) is 0. The van der Waals surface area contributed by atoms with E-state index in [2.05, 4.69) is 18.2 Å². The number of esters is 1. The molecule has 0 unspecified atom stereocenters. The summed E-state index contributed by atoms with van der Waals surface area (Å²) < 4.78 is 9.62. The maximum Gasteiger partial charge on any atom is 0.305 e. The number of unbranched alkanes of at least 4 members (excludes halogenated alkanes) is 9. The smallest absolute Gasteiger partial charge is 0.305 e. The standard InChI is InChI=1S/C15H30O2.C4H8O/c1-3-5-6-7-8-9-10-11-12-13-14-17-15(16)4-2;1-3-5-4-2/h3-14H2,1-2H3;3H,1,4H2,2H3. The van der Waals surface area contributed by atoms with Crippen LogP contribution in [0.1, 0.15) is 91.4 Å². The number of carbonyl (C=O) groups excluding carboxylic acids is 1. The molecule has 0 radical (unpaired) electrons. The molecule has 0 atom stereocenters. The maximum absolute atomic E-state index is 10.8. The van der Waals surface area contributed by atoms with Crippen LogP contribution in [0.3, 0.4) is 0 Å². The third-order valence-electron chi connectivity index (χ3n) is 3.33. The molecule has 0 saturated heterocycles. The molecule has 0 spiro atoms. The van der Waals surface area contributed by atoms with Crippen molar-refractivity contribution in [1.29, 1.82) is 0 Å². The zero-order valence-electron chi connectivity index (χ0n) is 15.2. The highest BCUT2D eigenvalue weighted by Gasteiger charge is 1.97. The molecule has 0 aromatic rings. The summed E-state index contributed by atoms with van der Waals surface area (Å²) in [6.07, 6.45) is 15.1. The molecule has 0 bridgehead atoms. The van der Waals surface area contributed by atoms with E-state index in [9.17, 15) is 4.79 Å². The van der Waals surface area contributed by atoms with Gasteiger partial charge in [-0.25, -0.2) is 0 Å². The Kier molecular flexibility index (Phi) is 23.6. The van der Waals surface area contributed by atoms with Gasteiger partial charge in [0.1, 0.15) is 0 Å². The Labute approximate surface area is 138 Å². The minimum atomic E-state index is -0.0686. The van der Waals surface area contributed by atoms with E-state index in [4.69, 9.17) is 4.74 Å². The highest BCUT2D eigenvalue weighted by molar-refractivity contribution is 5.68. The van der Waals surface area contributed by atoms with Crippen LogP contribution in [0.5, 0.6) is 0 Å². The number of carbonyl (C=O) groups is 1. The monoisotopic (exact) mass is 314 g/mol. The van der Waals surface area contributed by atoms with E-state index in [1.807, 2.05) is 13.8 Å². The molecule has 3 heteroatoms. The highest BCUT2D eigenvalue weighted by atomic mass is 16.5.